The number of benzene rings is 1. The van der Waals surface area contributed by atoms with Gasteiger partial charge in [0.25, 0.3) is 0 Å². The number of hydrogen-bond acceptors (Lipinski definition) is 3. The number of nitrogens with two attached hydrogens (primary N) is 1. The van der Waals surface area contributed by atoms with Crippen LogP contribution in [0.4, 0.5) is 5.69 Å². The van der Waals surface area contributed by atoms with E-state index in [0.29, 0.717) is 13.2 Å². The molecule has 5 heteroatoms. The second-order valence-corrected chi connectivity index (χ2v) is 3.81. The molecule has 0 aromatic heterocycles. The third-order valence-electron chi connectivity index (χ3n) is 1.62. The first-order valence-corrected chi connectivity index (χ1v) is 5.35. The van der Waals surface area contributed by atoms with Gasteiger partial charge in [-0.1, -0.05) is 15.9 Å². The number of hydrogen-bond donors (Lipinski definition) is 2. The van der Waals surface area contributed by atoms with Crippen molar-refractivity contribution in [2.45, 2.75) is 0 Å². The molecule has 0 fully saturated rings. The van der Waals surface area contributed by atoms with Crippen LogP contribution in [0.15, 0.2) is 28.7 Å². The van der Waals surface area contributed by atoms with E-state index in [1.165, 1.54) is 0 Å². The summed E-state index contributed by atoms with van der Waals surface area (Å²) in [6.07, 6.45) is 0. The van der Waals surface area contributed by atoms with Crippen LogP contribution in [0.2, 0.25) is 0 Å². The Hall–Kier alpha value is -0.910. The molecule has 0 bridgehead atoms. The molecule has 82 valence electrons. The largest absolute Gasteiger partial charge is 0.370 e. The van der Waals surface area contributed by atoms with E-state index in [2.05, 4.69) is 21.2 Å². The molecule has 0 aliphatic rings. The van der Waals surface area contributed by atoms with Crippen LogP contribution in [0.1, 0.15) is 0 Å². The maximum atomic E-state index is 11.3. The molecule has 15 heavy (non-hydrogen) atoms. The van der Waals surface area contributed by atoms with Crippen LogP contribution in [0.5, 0.6) is 0 Å². The third-order valence-corrected chi connectivity index (χ3v) is 2.15. The molecule has 1 aromatic carbocycles. The van der Waals surface area contributed by atoms with Crippen molar-refractivity contribution in [1.82, 2.24) is 0 Å². The van der Waals surface area contributed by atoms with Gasteiger partial charge in [0.15, 0.2) is 0 Å². The van der Waals surface area contributed by atoms with Gasteiger partial charge >= 0.3 is 0 Å². The zero-order chi connectivity index (χ0) is 11.1. The maximum absolute atomic E-state index is 11.3. The van der Waals surface area contributed by atoms with E-state index in [0.717, 1.165) is 10.2 Å². The number of ether oxygens (including phenoxy) is 1. The molecule has 4 nitrogen and oxygen atoms in total. The first kappa shape index (κ1) is 12.2. The van der Waals surface area contributed by atoms with Gasteiger partial charge < -0.3 is 15.8 Å². The average Bonchev–Trinajstić information content (AvgIpc) is 2.22. The summed E-state index contributed by atoms with van der Waals surface area (Å²) in [5, 5.41) is 2.70. The van der Waals surface area contributed by atoms with Gasteiger partial charge in [-0.25, -0.2) is 0 Å². The van der Waals surface area contributed by atoms with Crippen molar-refractivity contribution >= 4 is 27.5 Å². The van der Waals surface area contributed by atoms with E-state index >= 15 is 0 Å². The van der Waals surface area contributed by atoms with E-state index in [4.69, 9.17) is 10.5 Å². The van der Waals surface area contributed by atoms with Crippen molar-refractivity contribution in [3.8, 4) is 0 Å². The highest BCUT2D eigenvalue weighted by atomic mass is 79.9. The van der Waals surface area contributed by atoms with Crippen LogP contribution in [-0.4, -0.2) is 25.7 Å². The van der Waals surface area contributed by atoms with Gasteiger partial charge in [-0.2, -0.15) is 0 Å². The van der Waals surface area contributed by atoms with Crippen molar-refractivity contribution in [2.75, 3.05) is 25.1 Å². The molecule has 3 N–H and O–H groups in total. The summed E-state index contributed by atoms with van der Waals surface area (Å²) < 4.78 is 5.97. The van der Waals surface area contributed by atoms with Gasteiger partial charge in [0.05, 0.1) is 6.61 Å². The Balaban J connectivity index is 2.34. The van der Waals surface area contributed by atoms with Crippen molar-refractivity contribution in [1.29, 1.82) is 0 Å². The number of amides is 1. The second kappa shape index (κ2) is 6.55. The molecule has 0 aliphatic carbocycles. The van der Waals surface area contributed by atoms with Crippen LogP contribution < -0.4 is 11.1 Å². The number of halogens is 1. The quantitative estimate of drug-likeness (QED) is 0.796. The molecular formula is C10H13BrN2O2. The SMILES string of the molecule is NCCOCC(=O)Nc1ccc(Br)cc1. The van der Waals surface area contributed by atoms with Gasteiger partial charge in [0, 0.05) is 16.7 Å². The molecule has 0 saturated carbocycles. The van der Waals surface area contributed by atoms with Crippen molar-refractivity contribution in [2.24, 2.45) is 5.73 Å². The second-order valence-electron chi connectivity index (χ2n) is 2.90. The minimum atomic E-state index is -0.175. The maximum Gasteiger partial charge on any atom is 0.250 e. The number of carbonyl (C=O) groups is 1. The first-order valence-electron chi connectivity index (χ1n) is 4.55. The van der Waals surface area contributed by atoms with E-state index in [1.807, 2.05) is 24.3 Å². The summed E-state index contributed by atoms with van der Waals surface area (Å²) >= 11 is 3.31. The van der Waals surface area contributed by atoms with Crippen molar-refractivity contribution in [3.63, 3.8) is 0 Å². The Bertz CT molecular complexity index is 314. The topological polar surface area (TPSA) is 64.3 Å². The molecule has 1 rings (SSSR count). The fourth-order valence-corrected chi connectivity index (χ4v) is 1.24. The Morgan fingerprint density at radius 1 is 1.40 bits per heavy atom. The summed E-state index contributed by atoms with van der Waals surface area (Å²) in [7, 11) is 0. The number of rotatable bonds is 5. The van der Waals surface area contributed by atoms with Gasteiger partial charge in [0.1, 0.15) is 6.61 Å². The molecular weight excluding hydrogens is 260 g/mol. The number of nitrogens with one attached hydrogen (secondary N) is 1. The van der Waals surface area contributed by atoms with E-state index < -0.39 is 0 Å². The lowest BCUT2D eigenvalue weighted by Gasteiger charge is -2.05. The van der Waals surface area contributed by atoms with Crippen LogP contribution in [0.25, 0.3) is 0 Å². The Morgan fingerprint density at radius 3 is 2.67 bits per heavy atom. The van der Waals surface area contributed by atoms with Crippen LogP contribution in [0.3, 0.4) is 0 Å². The summed E-state index contributed by atoms with van der Waals surface area (Å²) in [5.41, 5.74) is 5.97. The van der Waals surface area contributed by atoms with Gasteiger partial charge in [-0.05, 0) is 24.3 Å². The lowest BCUT2D eigenvalue weighted by Crippen LogP contribution is -2.20. The minimum absolute atomic E-state index is 0.0350. The van der Waals surface area contributed by atoms with Crippen molar-refractivity contribution in [3.05, 3.63) is 28.7 Å². The molecule has 1 aromatic rings. The molecule has 0 heterocycles. The normalized spacial score (nSPS) is 10.0. The Labute approximate surface area is 96.9 Å². The van der Waals surface area contributed by atoms with Gasteiger partial charge in [-0.3, -0.25) is 4.79 Å². The predicted octanol–water partition coefficient (Wildman–Crippen LogP) is 1.36. The van der Waals surface area contributed by atoms with Gasteiger partial charge in [0.2, 0.25) is 5.91 Å². The van der Waals surface area contributed by atoms with Crippen LogP contribution >= 0.6 is 15.9 Å². The zero-order valence-corrected chi connectivity index (χ0v) is 9.79. The fourth-order valence-electron chi connectivity index (χ4n) is 0.978. The highest BCUT2D eigenvalue weighted by Gasteiger charge is 2.01. The smallest absolute Gasteiger partial charge is 0.250 e. The summed E-state index contributed by atoms with van der Waals surface area (Å²) in [6.45, 7) is 0.854. The third kappa shape index (κ3) is 4.92. The van der Waals surface area contributed by atoms with E-state index in [9.17, 15) is 4.79 Å². The fraction of sp³-hybridized carbons (Fsp3) is 0.300. The lowest BCUT2D eigenvalue weighted by atomic mass is 10.3. The highest BCUT2D eigenvalue weighted by molar-refractivity contribution is 9.10. The van der Waals surface area contributed by atoms with Gasteiger partial charge in [-0.15, -0.1) is 0 Å². The molecule has 0 saturated heterocycles. The molecule has 1 amide bonds. The Morgan fingerprint density at radius 2 is 2.07 bits per heavy atom. The van der Waals surface area contributed by atoms with Crippen molar-refractivity contribution < 1.29 is 9.53 Å². The molecule has 0 unspecified atom stereocenters. The van der Waals surface area contributed by atoms with Crippen LogP contribution in [0, 0.1) is 0 Å². The monoisotopic (exact) mass is 272 g/mol. The highest BCUT2D eigenvalue weighted by Crippen LogP contribution is 2.13. The predicted molar refractivity (Wildman–Crippen MR) is 62.6 cm³/mol. The first-order chi connectivity index (χ1) is 7.22. The molecule has 0 aliphatic heterocycles. The average molecular weight is 273 g/mol. The standard InChI is InChI=1S/C10H13BrN2O2/c11-8-1-3-9(4-2-8)13-10(14)7-15-6-5-12/h1-4H,5-7,12H2,(H,13,14). The number of carbonyl (C=O) groups excluding carboxylic acids is 1. The number of anilines is 1. The molecule has 0 radical (unpaired) electrons. The minimum Gasteiger partial charge on any atom is -0.370 e. The lowest BCUT2D eigenvalue weighted by molar-refractivity contribution is -0.120. The zero-order valence-electron chi connectivity index (χ0n) is 8.20. The summed E-state index contributed by atoms with van der Waals surface area (Å²) in [6, 6.07) is 7.34. The Kier molecular flexibility index (Phi) is 5.31. The van der Waals surface area contributed by atoms with E-state index in [-0.39, 0.29) is 12.5 Å². The summed E-state index contributed by atoms with van der Waals surface area (Å²) in [4.78, 5) is 11.3. The van der Waals surface area contributed by atoms with Crippen LogP contribution in [-0.2, 0) is 9.53 Å². The molecule has 0 spiro atoms. The summed E-state index contributed by atoms with van der Waals surface area (Å²) in [5.74, 6) is -0.175. The molecule has 0 atom stereocenters. The van der Waals surface area contributed by atoms with E-state index in [1.54, 1.807) is 0 Å².